The minimum Gasteiger partial charge on any atom is -0.349 e. The van der Waals surface area contributed by atoms with Gasteiger partial charge in [0.1, 0.15) is 12.1 Å². The first kappa shape index (κ1) is 13.7. The zero-order valence-corrected chi connectivity index (χ0v) is 10.9. The normalized spacial score (nSPS) is 10.2. The molecule has 2 rings (SSSR count). The predicted molar refractivity (Wildman–Crippen MR) is 78.8 cm³/mol. The Balaban J connectivity index is 2.61. The van der Waals surface area contributed by atoms with Gasteiger partial charge in [-0.3, -0.25) is 10.1 Å². The van der Waals surface area contributed by atoms with E-state index in [1.165, 1.54) is 18.5 Å². The third-order valence-electron chi connectivity index (χ3n) is 2.81. The van der Waals surface area contributed by atoms with Crippen LogP contribution in [-0.4, -0.2) is 28.0 Å². The number of rotatable bonds is 6. The second kappa shape index (κ2) is 5.92. The SMILES string of the molecule is C=CCN(CC=C)c1ncnc2ccc([N+](=O)[O-])cc12. The second-order valence-corrected chi connectivity index (χ2v) is 4.14. The van der Waals surface area contributed by atoms with Gasteiger partial charge in [-0.05, 0) is 6.07 Å². The largest absolute Gasteiger partial charge is 0.349 e. The molecule has 1 aromatic heterocycles. The molecular formula is C14H14N4O2. The Morgan fingerprint density at radius 1 is 1.25 bits per heavy atom. The molecule has 0 amide bonds. The average Bonchev–Trinajstić information content (AvgIpc) is 2.46. The summed E-state index contributed by atoms with van der Waals surface area (Å²) in [5.74, 6) is 0.638. The van der Waals surface area contributed by atoms with Gasteiger partial charge < -0.3 is 4.90 Å². The van der Waals surface area contributed by atoms with E-state index in [2.05, 4.69) is 23.1 Å². The topological polar surface area (TPSA) is 72.2 Å². The van der Waals surface area contributed by atoms with Gasteiger partial charge in [-0.1, -0.05) is 12.2 Å². The molecule has 6 nitrogen and oxygen atoms in total. The van der Waals surface area contributed by atoms with E-state index >= 15 is 0 Å². The molecule has 0 saturated heterocycles. The van der Waals surface area contributed by atoms with Gasteiger partial charge in [-0.15, -0.1) is 13.2 Å². The molecule has 0 aliphatic heterocycles. The molecule has 1 heterocycles. The lowest BCUT2D eigenvalue weighted by molar-refractivity contribution is -0.384. The van der Waals surface area contributed by atoms with Crippen molar-refractivity contribution in [2.24, 2.45) is 0 Å². The maximum absolute atomic E-state index is 10.9. The number of nitro groups is 1. The summed E-state index contributed by atoms with van der Waals surface area (Å²) in [6, 6.07) is 4.55. The van der Waals surface area contributed by atoms with Crippen LogP contribution in [0.4, 0.5) is 11.5 Å². The molecule has 1 aromatic carbocycles. The summed E-state index contributed by atoms with van der Waals surface area (Å²) < 4.78 is 0. The van der Waals surface area contributed by atoms with Crippen molar-refractivity contribution < 1.29 is 4.92 Å². The lowest BCUT2D eigenvalue weighted by Gasteiger charge is -2.21. The number of nitro benzene ring substituents is 1. The highest BCUT2D eigenvalue weighted by Gasteiger charge is 2.14. The van der Waals surface area contributed by atoms with Crippen molar-refractivity contribution in [3.8, 4) is 0 Å². The van der Waals surface area contributed by atoms with Crippen molar-refractivity contribution in [1.29, 1.82) is 0 Å². The van der Waals surface area contributed by atoms with Crippen molar-refractivity contribution in [1.82, 2.24) is 9.97 Å². The summed E-state index contributed by atoms with van der Waals surface area (Å²) in [5.41, 5.74) is 0.685. The number of hydrogen-bond donors (Lipinski definition) is 0. The number of fused-ring (bicyclic) bond motifs is 1. The van der Waals surface area contributed by atoms with Gasteiger partial charge in [0, 0.05) is 30.6 Å². The maximum atomic E-state index is 10.9. The summed E-state index contributed by atoms with van der Waals surface area (Å²) in [4.78, 5) is 20.8. The zero-order chi connectivity index (χ0) is 14.5. The molecule has 0 saturated carbocycles. The first-order valence-corrected chi connectivity index (χ1v) is 6.03. The molecule has 0 bridgehead atoms. The van der Waals surface area contributed by atoms with Crippen LogP contribution in [0.15, 0.2) is 49.8 Å². The van der Waals surface area contributed by atoms with Crippen LogP contribution in [0.25, 0.3) is 10.9 Å². The van der Waals surface area contributed by atoms with Crippen LogP contribution in [0.1, 0.15) is 0 Å². The van der Waals surface area contributed by atoms with Gasteiger partial charge in [0.05, 0.1) is 10.4 Å². The van der Waals surface area contributed by atoms with Gasteiger partial charge in [-0.2, -0.15) is 0 Å². The van der Waals surface area contributed by atoms with Gasteiger partial charge in [0.25, 0.3) is 5.69 Å². The number of hydrogen-bond acceptors (Lipinski definition) is 5. The molecule has 0 unspecified atom stereocenters. The van der Waals surface area contributed by atoms with Crippen molar-refractivity contribution >= 4 is 22.4 Å². The molecule has 0 N–H and O–H groups in total. The Hall–Kier alpha value is -2.76. The number of non-ortho nitro benzene ring substituents is 1. The summed E-state index contributed by atoms with van der Waals surface area (Å²) in [6.07, 6.45) is 4.94. The molecule has 102 valence electrons. The highest BCUT2D eigenvalue weighted by atomic mass is 16.6. The van der Waals surface area contributed by atoms with E-state index in [0.29, 0.717) is 29.8 Å². The van der Waals surface area contributed by atoms with Crippen molar-refractivity contribution in [2.45, 2.75) is 0 Å². The average molecular weight is 270 g/mol. The Morgan fingerprint density at radius 3 is 2.55 bits per heavy atom. The summed E-state index contributed by atoms with van der Waals surface area (Å²) in [6.45, 7) is 8.55. The lowest BCUT2D eigenvalue weighted by Crippen LogP contribution is -2.24. The molecule has 0 fully saturated rings. The van der Waals surface area contributed by atoms with Gasteiger partial charge in [-0.25, -0.2) is 9.97 Å². The Morgan fingerprint density at radius 2 is 1.95 bits per heavy atom. The molecular weight excluding hydrogens is 256 g/mol. The van der Waals surface area contributed by atoms with Crippen LogP contribution in [0, 0.1) is 10.1 Å². The summed E-state index contributed by atoms with van der Waals surface area (Å²) in [5, 5.41) is 11.5. The van der Waals surface area contributed by atoms with Crippen molar-refractivity contribution in [3.05, 3.63) is 60.0 Å². The Labute approximate surface area is 116 Å². The number of nitrogens with zero attached hydrogens (tertiary/aromatic N) is 4. The van der Waals surface area contributed by atoms with E-state index in [0.717, 1.165) is 0 Å². The quantitative estimate of drug-likeness (QED) is 0.458. The van der Waals surface area contributed by atoms with E-state index in [4.69, 9.17) is 0 Å². The molecule has 0 radical (unpaired) electrons. The standard InChI is InChI=1S/C14H14N4O2/c1-3-7-17(8-4-2)14-12-9-11(18(19)20)5-6-13(12)15-10-16-14/h3-6,9-10H,1-2,7-8H2. The van der Waals surface area contributed by atoms with Gasteiger partial charge in [0.15, 0.2) is 0 Å². The fraction of sp³-hybridized carbons (Fsp3) is 0.143. The van der Waals surface area contributed by atoms with E-state index in [1.807, 2.05) is 4.90 Å². The highest BCUT2D eigenvalue weighted by molar-refractivity contribution is 5.91. The van der Waals surface area contributed by atoms with Gasteiger partial charge in [0.2, 0.25) is 0 Å². The van der Waals surface area contributed by atoms with E-state index < -0.39 is 4.92 Å². The second-order valence-electron chi connectivity index (χ2n) is 4.14. The first-order chi connectivity index (χ1) is 9.67. The molecule has 0 spiro atoms. The fourth-order valence-corrected chi connectivity index (χ4v) is 1.96. The van der Waals surface area contributed by atoms with Crippen LogP contribution in [0.3, 0.4) is 0 Å². The summed E-state index contributed by atoms with van der Waals surface area (Å²) >= 11 is 0. The van der Waals surface area contributed by atoms with E-state index in [1.54, 1.807) is 18.2 Å². The fourth-order valence-electron chi connectivity index (χ4n) is 1.96. The van der Waals surface area contributed by atoms with Gasteiger partial charge >= 0.3 is 0 Å². The predicted octanol–water partition coefficient (Wildman–Crippen LogP) is 2.72. The smallest absolute Gasteiger partial charge is 0.270 e. The maximum Gasteiger partial charge on any atom is 0.270 e. The van der Waals surface area contributed by atoms with Crippen LogP contribution in [-0.2, 0) is 0 Å². The molecule has 6 heteroatoms. The van der Waals surface area contributed by atoms with Crippen LogP contribution in [0.5, 0.6) is 0 Å². The van der Waals surface area contributed by atoms with E-state index in [-0.39, 0.29) is 5.69 Å². The zero-order valence-electron chi connectivity index (χ0n) is 10.9. The Bertz CT molecular complexity index is 659. The monoisotopic (exact) mass is 270 g/mol. The number of anilines is 1. The molecule has 0 aliphatic rings. The van der Waals surface area contributed by atoms with Crippen molar-refractivity contribution in [3.63, 3.8) is 0 Å². The van der Waals surface area contributed by atoms with Crippen molar-refractivity contribution in [2.75, 3.05) is 18.0 Å². The molecule has 0 aliphatic carbocycles. The first-order valence-electron chi connectivity index (χ1n) is 6.03. The van der Waals surface area contributed by atoms with Crippen LogP contribution < -0.4 is 4.90 Å². The Kier molecular flexibility index (Phi) is 4.05. The minimum atomic E-state index is -0.429. The lowest BCUT2D eigenvalue weighted by atomic mass is 10.2. The minimum absolute atomic E-state index is 0.0192. The molecule has 20 heavy (non-hydrogen) atoms. The molecule has 0 atom stereocenters. The van der Waals surface area contributed by atoms with E-state index in [9.17, 15) is 10.1 Å². The van der Waals surface area contributed by atoms with Crippen LogP contribution in [0.2, 0.25) is 0 Å². The molecule has 2 aromatic rings. The third kappa shape index (κ3) is 2.64. The van der Waals surface area contributed by atoms with Crippen LogP contribution >= 0.6 is 0 Å². The summed E-state index contributed by atoms with van der Waals surface area (Å²) in [7, 11) is 0. The number of benzene rings is 1. The highest BCUT2D eigenvalue weighted by Crippen LogP contribution is 2.26. The number of aromatic nitrogens is 2. The third-order valence-corrected chi connectivity index (χ3v) is 2.81.